The Balaban J connectivity index is 2.07. The van der Waals surface area contributed by atoms with Crippen LogP contribution in [-0.2, 0) is 0 Å². The molecule has 0 spiro atoms. The van der Waals surface area contributed by atoms with E-state index in [0.717, 1.165) is 17.9 Å². The minimum absolute atomic E-state index is 0.0956. The molecule has 1 unspecified atom stereocenters. The number of thioether (sulfide) groups is 1. The zero-order chi connectivity index (χ0) is 11.5. The lowest BCUT2D eigenvalue weighted by Crippen LogP contribution is -2.34. The van der Waals surface area contributed by atoms with Crippen molar-refractivity contribution in [2.24, 2.45) is 0 Å². The molecule has 86 valence electrons. The maximum absolute atomic E-state index is 11.9. The summed E-state index contributed by atoms with van der Waals surface area (Å²) in [6.07, 6.45) is 1.03. The van der Waals surface area contributed by atoms with Crippen molar-refractivity contribution >= 4 is 35.0 Å². The van der Waals surface area contributed by atoms with E-state index in [0.29, 0.717) is 16.3 Å². The van der Waals surface area contributed by atoms with E-state index in [1.165, 1.54) is 0 Å². The van der Waals surface area contributed by atoms with E-state index in [9.17, 15) is 4.79 Å². The molecule has 0 saturated carbocycles. The van der Waals surface area contributed by atoms with Gasteiger partial charge in [0, 0.05) is 28.1 Å². The normalized spacial score (nSPS) is 19.7. The molecule has 1 heterocycles. The fourth-order valence-corrected chi connectivity index (χ4v) is 3.06. The molecule has 3 nitrogen and oxygen atoms in total. The van der Waals surface area contributed by atoms with Crippen molar-refractivity contribution < 1.29 is 4.79 Å². The second-order valence-corrected chi connectivity index (χ2v) is 5.39. The number of nitrogen functional groups attached to an aromatic ring is 1. The minimum atomic E-state index is -0.0956. The van der Waals surface area contributed by atoms with Gasteiger partial charge in [-0.1, -0.05) is 11.6 Å². The average Bonchev–Trinajstić information content (AvgIpc) is 2.68. The number of carbonyl (C=O) groups excluding carboxylic acids is 1. The average molecular weight is 257 g/mol. The van der Waals surface area contributed by atoms with Crippen molar-refractivity contribution in [1.29, 1.82) is 0 Å². The lowest BCUT2D eigenvalue weighted by Gasteiger charge is -2.11. The number of nitrogens with two attached hydrogens (primary N) is 1. The van der Waals surface area contributed by atoms with E-state index in [1.807, 2.05) is 11.8 Å². The van der Waals surface area contributed by atoms with Gasteiger partial charge >= 0.3 is 0 Å². The number of amides is 1. The van der Waals surface area contributed by atoms with Crippen LogP contribution in [0.15, 0.2) is 18.2 Å². The summed E-state index contributed by atoms with van der Waals surface area (Å²) in [4.78, 5) is 11.9. The highest BCUT2D eigenvalue weighted by Crippen LogP contribution is 2.19. The lowest BCUT2D eigenvalue weighted by molar-refractivity contribution is 0.0941. The minimum Gasteiger partial charge on any atom is -0.399 e. The Bertz CT molecular complexity index is 385. The van der Waals surface area contributed by atoms with Gasteiger partial charge in [-0.15, -0.1) is 0 Å². The first-order valence-electron chi connectivity index (χ1n) is 5.10. The summed E-state index contributed by atoms with van der Waals surface area (Å²) in [7, 11) is 0. The second-order valence-electron chi connectivity index (χ2n) is 3.81. The molecule has 1 saturated heterocycles. The number of anilines is 1. The van der Waals surface area contributed by atoms with Crippen molar-refractivity contribution in [3.05, 3.63) is 28.8 Å². The van der Waals surface area contributed by atoms with Crippen LogP contribution < -0.4 is 11.1 Å². The monoisotopic (exact) mass is 256 g/mol. The van der Waals surface area contributed by atoms with E-state index < -0.39 is 0 Å². The molecule has 1 aliphatic rings. The number of carbonyl (C=O) groups is 1. The third kappa shape index (κ3) is 2.83. The quantitative estimate of drug-likeness (QED) is 0.798. The molecule has 1 amide bonds. The highest BCUT2D eigenvalue weighted by atomic mass is 35.5. The van der Waals surface area contributed by atoms with Crippen molar-refractivity contribution in [3.63, 3.8) is 0 Å². The van der Waals surface area contributed by atoms with Crippen LogP contribution in [-0.4, -0.2) is 23.5 Å². The summed E-state index contributed by atoms with van der Waals surface area (Å²) in [5.41, 5.74) is 6.68. The van der Waals surface area contributed by atoms with Gasteiger partial charge in [-0.05, 0) is 30.4 Å². The number of hydrogen-bond donors (Lipinski definition) is 2. The van der Waals surface area contributed by atoms with Crippen LogP contribution in [0.3, 0.4) is 0 Å². The Kier molecular flexibility index (Phi) is 3.61. The zero-order valence-electron chi connectivity index (χ0n) is 8.70. The molecule has 1 atom stereocenters. The van der Waals surface area contributed by atoms with E-state index in [2.05, 4.69) is 5.32 Å². The van der Waals surface area contributed by atoms with E-state index in [1.54, 1.807) is 18.2 Å². The summed E-state index contributed by atoms with van der Waals surface area (Å²) in [6, 6.07) is 5.18. The summed E-state index contributed by atoms with van der Waals surface area (Å²) >= 11 is 7.71. The van der Waals surface area contributed by atoms with Gasteiger partial charge in [-0.3, -0.25) is 4.79 Å². The largest absolute Gasteiger partial charge is 0.399 e. The molecule has 1 fully saturated rings. The highest BCUT2D eigenvalue weighted by Gasteiger charge is 2.18. The molecule has 0 aromatic heterocycles. The van der Waals surface area contributed by atoms with Crippen LogP contribution in [0.4, 0.5) is 5.69 Å². The lowest BCUT2D eigenvalue weighted by atomic mass is 10.1. The van der Waals surface area contributed by atoms with Crippen molar-refractivity contribution in [2.75, 3.05) is 17.2 Å². The molecule has 3 N–H and O–H groups in total. The predicted molar refractivity (Wildman–Crippen MR) is 69.1 cm³/mol. The molecule has 5 heteroatoms. The number of hydrogen-bond acceptors (Lipinski definition) is 3. The van der Waals surface area contributed by atoms with Crippen LogP contribution >= 0.6 is 23.4 Å². The third-order valence-corrected chi connectivity index (χ3v) is 3.83. The number of rotatable bonds is 2. The van der Waals surface area contributed by atoms with Crippen LogP contribution in [0.2, 0.25) is 5.02 Å². The smallest absolute Gasteiger partial charge is 0.251 e. The molecule has 0 bridgehead atoms. The first-order valence-corrected chi connectivity index (χ1v) is 6.63. The first-order chi connectivity index (χ1) is 7.65. The molecule has 1 aliphatic heterocycles. The molecule has 0 aliphatic carbocycles. The topological polar surface area (TPSA) is 55.1 Å². The molecule has 1 aromatic rings. The standard InChI is InChI=1S/C11H13ClN2OS/c12-8-3-7(4-9(13)5-8)11(15)14-10-1-2-16-6-10/h3-5,10H,1-2,6,13H2,(H,14,15). The van der Waals surface area contributed by atoms with Gasteiger partial charge in [0.1, 0.15) is 0 Å². The first kappa shape index (κ1) is 11.6. The SMILES string of the molecule is Nc1cc(Cl)cc(C(=O)NC2CCSC2)c1. The Labute approximate surface area is 104 Å². The maximum atomic E-state index is 11.9. The van der Waals surface area contributed by atoms with Crippen molar-refractivity contribution in [2.45, 2.75) is 12.5 Å². The fourth-order valence-electron chi connectivity index (χ4n) is 1.66. The Morgan fingerprint density at radius 1 is 1.50 bits per heavy atom. The molecule has 0 radical (unpaired) electrons. The van der Waals surface area contributed by atoms with E-state index in [4.69, 9.17) is 17.3 Å². The van der Waals surface area contributed by atoms with Gasteiger partial charge in [-0.25, -0.2) is 0 Å². The van der Waals surface area contributed by atoms with Crippen LogP contribution in [0, 0.1) is 0 Å². The maximum Gasteiger partial charge on any atom is 0.251 e. The van der Waals surface area contributed by atoms with Crippen molar-refractivity contribution in [1.82, 2.24) is 5.32 Å². The van der Waals surface area contributed by atoms with Crippen LogP contribution in [0.5, 0.6) is 0 Å². The number of nitrogens with one attached hydrogen (secondary N) is 1. The predicted octanol–water partition coefficient (Wildman–Crippen LogP) is 2.16. The van der Waals surface area contributed by atoms with Gasteiger partial charge in [0.15, 0.2) is 0 Å². The molecule has 1 aromatic carbocycles. The van der Waals surface area contributed by atoms with E-state index >= 15 is 0 Å². The number of benzene rings is 1. The van der Waals surface area contributed by atoms with Crippen molar-refractivity contribution in [3.8, 4) is 0 Å². The Morgan fingerprint density at radius 2 is 2.31 bits per heavy atom. The number of halogens is 1. The molecule has 2 rings (SSSR count). The summed E-state index contributed by atoms with van der Waals surface area (Å²) in [5, 5.41) is 3.47. The molecular weight excluding hydrogens is 244 g/mol. The van der Waals surface area contributed by atoms with Gasteiger partial charge in [-0.2, -0.15) is 11.8 Å². The zero-order valence-corrected chi connectivity index (χ0v) is 10.3. The third-order valence-electron chi connectivity index (χ3n) is 2.45. The van der Waals surface area contributed by atoms with Gasteiger partial charge in [0.05, 0.1) is 0 Å². The highest BCUT2D eigenvalue weighted by molar-refractivity contribution is 7.99. The van der Waals surface area contributed by atoms with E-state index in [-0.39, 0.29) is 11.9 Å². The molecular formula is C11H13ClN2OS. The van der Waals surface area contributed by atoms with Gasteiger partial charge < -0.3 is 11.1 Å². The van der Waals surface area contributed by atoms with Crippen LogP contribution in [0.25, 0.3) is 0 Å². The Hall–Kier alpha value is -0.870. The molecule has 16 heavy (non-hydrogen) atoms. The van der Waals surface area contributed by atoms with Gasteiger partial charge in [0.2, 0.25) is 0 Å². The summed E-state index contributed by atoms with van der Waals surface area (Å²) in [5.74, 6) is 2.01. The Morgan fingerprint density at radius 3 is 2.94 bits per heavy atom. The summed E-state index contributed by atoms with van der Waals surface area (Å²) in [6.45, 7) is 0. The van der Waals surface area contributed by atoms with Crippen LogP contribution in [0.1, 0.15) is 16.8 Å². The second kappa shape index (κ2) is 4.97. The fraction of sp³-hybridized carbons (Fsp3) is 0.364. The van der Waals surface area contributed by atoms with Gasteiger partial charge in [0.25, 0.3) is 5.91 Å². The summed E-state index contributed by atoms with van der Waals surface area (Å²) < 4.78 is 0.